The second-order valence-corrected chi connectivity index (χ2v) is 5.09. The predicted molar refractivity (Wildman–Crippen MR) is 79.8 cm³/mol. The molecule has 1 aliphatic rings. The van der Waals surface area contributed by atoms with Gasteiger partial charge in [-0.2, -0.15) is 5.10 Å². The quantitative estimate of drug-likeness (QED) is 0.847. The highest BCUT2D eigenvalue weighted by Gasteiger charge is 2.13. The van der Waals surface area contributed by atoms with Gasteiger partial charge in [-0.15, -0.1) is 0 Å². The molecule has 0 amide bonds. The number of hydrogen-bond acceptors (Lipinski definition) is 5. The van der Waals surface area contributed by atoms with E-state index in [1.54, 1.807) is 31.6 Å². The number of ether oxygens (including phenoxy) is 1. The molecular weight excluding hydrogens is 268 g/mol. The fourth-order valence-corrected chi connectivity index (χ4v) is 2.51. The molecule has 0 bridgehead atoms. The van der Waals surface area contributed by atoms with Crippen LogP contribution in [0.5, 0.6) is 5.75 Å². The molecule has 0 spiro atoms. The van der Waals surface area contributed by atoms with Gasteiger partial charge in [0.05, 0.1) is 31.2 Å². The predicted octanol–water partition coefficient (Wildman–Crippen LogP) is 1.30. The van der Waals surface area contributed by atoms with Gasteiger partial charge < -0.3 is 9.64 Å². The Kier molecular flexibility index (Phi) is 3.85. The maximum absolute atomic E-state index is 12.2. The lowest BCUT2D eigenvalue weighted by Gasteiger charge is -2.17. The van der Waals surface area contributed by atoms with Gasteiger partial charge in [-0.05, 0) is 18.9 Å². The SMILES string of the molecule is COc1ccnc(Cn2ncc(N3CCCC3)cc2=O)c1. The molecule has 110 valence electrons. The van der Waals surface area contributed by atoms with Crippen molar-refractivity contribution in [2.45, 2.75) is 19.4 Å². The third-order valence-electron chi connectivity index (χ3n) is 3.66. The summed E-state index contributed by atoms with van der Waals surface area (Å²) >= 11 is 0. The Balaban J connectivity index is 1.80. The van der Waals surface area contributed by atoms with Gasteiger partial charge in [0.15, 0.2) is 0 Å². The molecule has 0 aliphatic carbocycles. The Hall–Kier alpha value is -2.37. The normalized spacial score (nSPS) is 14.4. The van der Waals surface area contributed by atoms with E-state index in [1.165, 1.54) is 17.5 Å². The number of pyridine rings is 1. The summed E-state index contributed by atoms with van der Waals surface area (Å²) in [6.07, 6.45) is 5.78. The van der Waals surface area contributed by atoms with E-state index in [0.29, 0.717) is 6.54 Å². The van der Waals surface area contributed by atoms with Crippen LogP contribution in [0.2, 0.25) is 0 Å². The summed E-state index contributed by atoms with van der Waals surface area (Å²) in [5.74, 6) is 0.724. The van der Waals surface area contributed by atoms with Crippen LogP contribution in [0.15, 0.2) is 35.4 Å². The maximum Gasteiger partial charge on any atom is 0.269 e. The highest BCUT2D eigenvalue weighted by molar-refractivity contribution is 5.43. The van der Waals surface area contributed by atoms with Crippen LogP contribution in [0, 0.1) is 0 Å². The minimum atomic E-state index is -0.107. The summed E-state index contributed by atoms with van der Waals surface area (Å²) in [7, 11) is 1.61. The lowest BCUT2D eigenvalue weighted by Crippen LogP contribution is -2.26. The summed E-state index contributed by atoms with van der Waals surface area (Å²) < 4.78 is 6.57. The average Bonchev–Trinajstić information content (AvgIpc) is 3.04. The Morgan fingerprint density at radius 3 is 2.81 bits per heavy atom. The average molecular weight is 286 g/mol. The molecule has 0 unspecified atom stereocenters. The number of nitrogens with zero attached hydrogens (tertiary/aromatic N) is 4. The summed E-state index contributed by atoms with van der Waals surface area (Å²) in [5.41, 5.74) is 1.55. The van der Waals surface area contributed by atoms with Gasteiger partial charge in [0.1, 0.15) is 5.75 Å². The molecule has 2 aromatic rings. The van der Waals surface area contributed by atoms with E-state index in [4.69, 9.17) is 4.74 Å². The molecule has 6 nitrogen and oxygen atoms in total. The van der Waals surface area contributed by atoms with Crippen LogP contribution in [-0.4, -0.2) is 35.0 Å². The fraction of sp³-hybridized carbons (Fsp3) is 0.400. The van der Waals surface area contributed by atoms with E-state index in [2.05, 4.69) is 15.0 Å². The van der Waals surface area contributed by atoms with Crippen molar-refractivity contribution >= 4 is 5.69 Å². The van der Waals surface area contributed by atoms with Crippen molar-refractivity contribution in [3.05, 3.63) is 46.6 Å². The van der Waals surface area contributed by atoms with Gasteiger partial charge in [0.2, 0.25) is 0 Å². The van der Waals surface area contributed by atoms with E-state index in [-0.39, 0.29) is 5.56 Å². The summed E-state index contributed by atoms with van der Waals surface area (Å²) in [4.78, 5) is 18.6. The highest BCUT2D eigenvalue weighted by Crippen LogP contribution is 2.17. The molecule has 1 saturated heterocycles. The first-order chi connectivity index (χ1) is 10.3. The second kappa shape index (κ2) is 5.95. The molecule has 1 fully saturated rings. The monoisotopic (exact) mass is 286 g/mol. The zero-order valence-electron chi connectivity index (χ0n) is 12.0. The first-order valence-corrected chi connectivity index (χ1v) is 7.07. The molecule has 0 N–H and O–H groups in total. The lowest BCUT2D eigenvalue weighted by atomic mass is 10.3. The van der Waals surface area contributed by atoms with Gasteiger partial charge in [-0.3, -0.25) is 9.78 Å². The van der Waals surface area contributed by atoms with E-state index >= 15 is 0 Å². The number of anilines is 1. The van der Waals surface area contributed by atoms with Crippen LogP contribution in [-0.2, 0) is 6.54 Å². The molecule has 0 radical (unpaired) electrons. The minimum Gasteiger partial charge on any atom is -0.497 e. The molecule has 6 heteroatoms. The minimum absolute atomic E-state index is 0.107. The molecule has 21 heavy (non-hydrogen) atoms. The molecular formula is C15H18N4O2. The topological polar surface area (TPSA) is 60.2 Å². The van der Waals surface area contributed by atoms with Crippen LogP contribution in [0.1, 0.15) is 18.5 Å². The number of hydrogen-bond donors (Lipinski definition) is 0. The van der Waals surface area contributed by atoms with E-state index in [0.717, 1.165) is 30.2 Å². The Bertz CT molecular complexity index is 677. The maximum atomic E-state index is 12.2. The standard InChI is InChI=1S/C15H18N4O2/c1-21-14-4-5-16-12(8-14)11-19-15(20)9-13(10-17-19)18-6-2-3-7-18/h4-5,8-10H,2-3,6-7,11H2,1H3. The van der Waals surface area contributed by atoms with Crippen molar-refractivity contribution in [3.63, 3.8) is 0 Å². The van der Waals surface area contributed by atoms with Crippen LogP contribution in [0.3, 0.4) is 0 Å². The smallest absolute Gasteiger partial charge is 0.269 e. The molecule has 0 atom stereocenters. The van der Waals surface area contributed by atoms with Crippen LogP contribution in [0.4, 0.5) is 5.69 Å². The van der Waals surface area contributed by atoms with Crippen LogP contribution in [0.25, 0.3) is 0 Å². The van der Waals surface area contributed by atoms with Gasteiger partial charge in [-0.25, -0.2) is 4.68 Å². The number of rotatable bonds is 4. The molecule has 2 aromatic heterocycles. The molecule has 0 saturated carbocycles. The fourth-order valence-electron chi connectivity index (χ4n) is 2.51. The zero-order chi connectivity index (χ0) is 14.7. The first kappa shape index (κ1) is 13.6. The van der Waals surface area contributed by atoms with Gasteiger partial charge in [0, 0.05) is 31.4 Å². The second-order valence-electron chi connectivity index (χ2n) is 5.09. The van der Waals surface area contributed by atoms with Crippen molar-refractivity contribution in [3.8, 4) is 5.75 Å². The van der Waals surface area contributed by atoms with Crippen LogP contribution < -0.4 is 15.2 Å². The van der Waals surface area contributed by atoms with Gasteiger partial charge >= 0.3 is 0 Å². The third kappa shape index (κ3) is 3.04. The summed E-state index contributed by atoms with van der Waals surface area (Å²) in [6, 6.07) is 5.23. The van der Waals surface area contributed by atoms with Crippen molar-refractivity contribution in [2.24, 2.45) is 0 Å². The van der Waals surface area contributed by atoms with Gasteiger partial charge in [0.25, 0.3) is 5.56 Å². The molecule has 3 rings (SSSR count). The molecule has 0 aromatic carbocycles. The van der Waals surface area contributed by atoms with Crippen molar-refractivity contribution in [2.75, 3.05) is 25.1 Å². The third-order valence-corrected chi connectivity index (χ3v) is 3.66. The Labute approximate surface area is 123 Å². The summed E-state index contributed by atoms with van der Waals surface area (Å²) in [5, 5.41) is 4.26. The van der Waals surface area contributed by atoms with E-state index in [9.17, 15) is 4.79 Å². The highest BCUT2D eigenvalue weighted by atomic mass is 16.5. The van der Waals surface area contributed by atoms with Crippen LogP contribution >= 0.6 is 0 Å². The van der Waals surface area contributed by atoms with Gasteiger partial charge in [-0.1, -0.05) is 0 Å². The zero-order valence-corrected chi connectivity index (χ0v) is 12.0. The number of aromatic nitrogens is 3. The van der Waals surface area contributed by atoms with E-state index in [1.807, 2.05) is 6.07 Å². The van der Waals surface area contributed by atoms with Crippen molar-refractivity contribution in [1.29, 1.82) is 0 Å². The Morgan fingerprint density at radius 2 is 2.10 bits per heavy atom. The molecule has 1 aliphatic heterocycles. The number of methoxy groups -OCH3 is 1. The lowest BCUT2D eigenvalue weighted by molar-refractivity contribution is 0.413. The largest absolute Gasteiger partial charge is 0.497 e. The first-order valence-electron chi connectivity index (χ1n) is 7.07. The van der Waals surface area contributed by atoms with E-state index < -0.39 is 0 Å². The summed E-state index contributed by atoms with van der Waals surface area (Å²) in [6.45, 7) is 2.35. The molecule has 3 heterocycles. The van der Waals surface area contributed by atoms with Crippen molar-refractivity contribution in [1.82, 2.24) is 14.8 Å². The Morgan fingerprint density at radius 1 is 1.29 bits per heavy atom. The van der Waals surface area contributed by atoms with Crippen molar-refractivity contribution < 1.29 is 4.74 Å².